The zero-order chi connectivity index (χ0) is 14.5. The largest absolute Gasteiger partial charge is 0.316 e. The van der Waals surface area contributed by atoms with Gasteiger partial charge in [-0.05, 0) is 48.6 Å². The Morgan fingerprint density at radius 1 is 0.952 bits per heavy atom. The van der Waals surface area contributed by atoms with Crippen molar-refractivity contribution in [2.45, 2.75) is 51.0 Å². The minimum absolute atomic E-state index is 0.629. The van der Waals surface area contributed by atoms with Gasteiger partial charge >= 0.3 is 0 Å². The molecule has 1 nitrogen and oxygen atoms in total. The van der Waals surface area contributed by atoms with E-state index in [4.69, 9.17) is 0 Å². The summed E-state index contributed by atoms with van der Waals surface area (Å²) in [5.74, 6) is 0.851. The summed E-state index contributed by atoms with van der Waals surface area (Å²) in [7, 11) is 2.14. The van der Waals surface area contributed by atoms with Crippen molar-refractivity contribution in [1.82, 2.24) is 5.32 Å². The van der Waals surface area contributed by atoms with E-state index in [1.54, 1.807) is 0 Å². The monoisotopic (exact) mass is 281 g/mol. The topological polar surface area (TPSA) is 12.0 Å². The Morgan fingerprint density at radius 3 is 2.38 bits per heavy atom. The van der Waals surface area contributed by atoms with E-state index < -0.39 is 0 Å². The van der Waals surface area contributed by atoms with Gasteiger partial charge in [-0.1, -0.05) is 68.1 Å². The van der Waals surface area contributed by atoms with Crippen LogP contribution in [0.3, 0.4) is 0 Å². The SMILES string of the molecule is CNC(Cc1ccc2ccccc2c1)C1CCCCCC1. The number of rotatable bonds is 4. The van der Waals surface area contributed by atoms with Gasteiger partial charge in [-0.15, -0.1) is 0 Å². The van der Waals surface area contributed by atoms with Crippen LogP contribution in [0.1, 0.15) is 44.1 Å². The molecule has 1 aliphatic carbocycles. The van der Waals surface area contributed by atoms with Crippen LogP contribution in [-0.2, 0) is 6.42 Å². The lowest BCUT2D eigenvalue weighted by Gasteiger charge is -2.26. The molecular formula is C20H27N. The summed E-state index contributed by atoms with van der Waals surface area (Å²) >= 11 is 0. The van der Waals surface area contributed by atoms with Crippen LogP contribution in [-0.4, -0.2) is 13.1 Å². The van der Waals surface area contributed by atoms with Gasteiger partial charge in [-0.3, -0.25) is 0 Å². The van der Waals surface area contributed by atoms with Gasteiger partial charge in [0, 0.05) is 6.04 Å². The molecule has 1 atom stereocenters. The Labute approximate surface area is 128 Å². The molecule has 2 aromatic rings. The minimum atomic E-state index is 0.629. The van der Waals surface area contributed by atoms with E-state index in [2.05, 4.69) is 54.8 Å². The molecule has 1 unspecified atom stereocenters. The van der Waals surface area contributed by atoms with Gasteiger partial charge in [0.25, 0.3) is 0 Å². The number of benzene rings is 2. The Kier molecular flexibility index (Phi) is 4.92. The molecule has 1 heteroatoms. The normalized spacial score (nSPS) is 18.5. The van der Waals surface area contributed by atoms with E-state index >= 15 is 0 Å². The fraction of sp³-hybridized carbons (Fsp3) is 0.500. The highest BCUT2D eigenvalue weighted by molar-refractivity contribution is 5.82. The van der Waals surface area contributed by atoms with Crippen molar-refractivity contribution in [2.75, 3.05) is 7.05 Å². The molecule has 0 radical (unpaired) electrons. The molecule has 1 N–H and O–H groups in total. The summed E-state index contributed by atoms with van der Waals surface area (Å²) in [6, 6.07) is 16.2. The molecule has 3 rings (SSSR count). The van der Waals surface area contributed by atoms with Gasteiger partial charge in [-0.2, -0.15) is 0 Å². The first kappa shape index (κ1) is 14.6. The van der Waals surface area contributed by atoms with Crippen molar-refractivity contribution in [3.05, 3.63) is 48.0 Å². The summed E-state index contributed by atoms with van der Waals surface area (Å²) in [5.41, 5.74) is 1.47. The number of hydrogen-bond acceptors (Lipinski definition) is 1. The molecule has 1 fully saturated rings. The van der Waals surface area contributed by atoms with Crippen LogP contribution in [0.15, 0.2) is 42.5 Å². The van der Waals surface area contributed by atoms with Crippen molar-refractivity contribution in [2.24, 2.45) is 5.92 Å². The van der Waals surface area contributed by atoms with Gasteiger partial charge in [0.05, 0.1) is 0 Å². The Hall–Kier alpha value is -1.34. The molecule has 1 aliphatic rings. The van der Waals surface area contributed by atoms with E-state index in [0.717, 1.165) is 12.3 Å². The zero-order valence-corrected chi connectivity index (χ0v) is 13.1. The molecule has 0 spiro atoms. The maximum atomic E-state index is 3.60. The number of fused-ring (bicyclic) bond motifs is 1. The van der Waals surface area contributed by atoms with Crippen LogP contribution in [0.5, 0.6) is 0 Å². The van der Waals surface area contributed by atoms with Gasteiger partial charge in [-0.25, -0.2) is 0 Å². The summed E-state index contributed by atoms with van der Waals surface area (Å²) in [5, 5.41) is 6.31. The van der Waals surface area contributed by atoms with Gasteiger partial charge in [0.1, 0.15) is 0 Å². The van der Waals surface area contributed by atoms with E-state index in [1.165, 1.54) is 54.9 Å². The third-order valence-electron chi connectivity index (χ3n) is 5.11. The van der Waals surface area contributed by atoms with Crippen LogP contribution >= 0.6 is 0 Å². The van der Waals surface area contributed by atoms with E-state index in [1.807, 2.05) is 0 Å². The Bertz CT molecular complexity index is 567. The van der Waals surface area contributed by atoms with Gasteiger partial charge in [0.2, 0.25) is 0 Å². The molecule has 0 heterocycles. The van der Waals surface area contributed by atoms with Crippen molar-refractivity contribution in [1.29, 1.82) is 0 Å². The summed E-state index contributed by atoms with van der Waals surface area (Å²) in [6.45, 7) is 0. The fourth-order valence-electron chi connectivity index (χ4n) is 3.84. The molecule has 0 aromatic heterocycles. The van der Waals surface area contributed by atoms with Crippen LogP contribution in [0.2, 0.25) is 0 Å². The van der Waals surface area contributed by atoms with Gasteiger partial charge < -0.3 is 5.32 Å². The molecule has 112 valence electrons. The second-order valence-corrected chi connectivity index (χ2v) is 6.53. The minimum Gasteiger partial charge on any atom is -0.316 e. The lowest BCUT2D eigenvalue weighted by atomic mass is 9.87. The molecule has 1 saturated carbocycles. The lowest BCUT2D eigenvalue weighted by molar-refractivity contribution is 0.332. The van der Waals surface area contributed by atoms with Crippen molar-refractivity contribution < 1.29 is 0 Å². The first-order valence-corrected chi connectivity index (χ1v) is 8.52. The summed E-state index contributed by atoms with van der Waals surface area (Å²) in [6.07, 6.45) is 9.66. The quantitative estimate of drug-likeness (QED) is 0.783. The molecule has 0 saturated heterocycles. The molecular weight excluding hydrogens is 254 g/mol. The van der Waals surface area contributed by atoms with Crippen LogP contribution in [0.25, 0.3) is 10.8 Å². The maximum Gasteiger partial charge on any atom is 0.0133 e. The first-order valence-electron chi connectivity index (χ1n) is 8.52. The highest BCUT2D eigenvalue weighted by Crippen LogP contribution is 2.27. The predicted molar refractivity (Wildman–Crippen MR) is 91.7 cm³/mol. The van der Waals surface area contributed by atoms with Gasteiger partial charge in [0.15, 0.2) is 0 Å². The highest BCUT2D eigenvalue weighted by Gasteiger charge is 2.21. The van der Waals surface area contributed by atoms with Crippen molar-refractivity contribution >= 4 is 10.8 Å². The zero-order valence-electron chi connectivity index (χ0n) is 13.1. The third-order valence-corrected chi connectivity index (χ3v) is 5.11. The van der Waals surface area contributed by atoms with Crippen molar-refractivity contribution in [3.8, 4) is 0 Å². The number of hydrogen-bond donors (Lipinski definition) is 1. The molecule has 0 amide bonds. The van der Waals surface area contributed by atoms with Crippen molar-refractivity contribution in [3.63, 3.8) is 0 Å². The van der Waals surface area contributed by atoms with E-state index in [-0.39, 0.29) is 0 Å². The first-order chi connectivity index (χ1) is 10.4. The molecule has 21 heavy (non-hydrogen) atoms. The smallest absolute Gasteiger partial charge is 0.0133 e. The van der Waals surface area contributed by atoms with E-state index in [0.29, 0.717) is 6.04 Å². The maximum absolute atomic E-state index is 3.60. The fourth-order valence-corrected chi connectivity index (χ4v) is 3.84. The van der Waals surface area contributed by atoms with Crippen LogP contribution < -0.4 is 5.32 Å². The standard InChI is InChI=1S/C20H27N/c1-21-20(18-9-4-2-3-5-10-18)15-16-12-13-17-8-6-7-11-19(17)14-16/h6-8,11-14,18,20-21H,2-5,9-10,15H2,1H3. The number of nitrogens with one attached hydrogen (secondary N) is 1. The lowest BCUT2D eigenvalue weighted by Crippen LogP contribution is -2.35. The summed E-state index contributed by atoms with van der Waals surface area (Å²) < 4.78 is 0. The van der Waals surface area contributed by atoms with Crippen LogP contribution in [0.4, 0.5) is 0 Å². The molecule has 0 bridgehead atoms. The average Bonchev–Trinajstić information content (AvgIpc) is 2.81. The Balaban J connectivity index is 1.74. The third kappa shape index (κ3) is 3.65. The molecule has 2 aromatic carbocycles. The second-order valence-electron chi connectivity index (χ2n) is 6.53. The second kappa shape index (κ2) is 7.09. The van der Waals surface area contributed by atoms with Crippen LogP contribution in [0, 0.1) is 5.92 Å². The predicted octanol–water partition coefficient (Wildman–Crippen LogP) is 4.94. The summed E-state index contributed by atoms with van der Waals surface area (Å²) in [4.78, 5) is 0. The average molecular weight is 281 g/mol. The highest BCUT2D eigenvalue weighted by atomic mass is 14.9. The van der Waals surface area contributed by atoms with E-state index in [9.17, 15) is 0 Å². The molecule has 0 aliphatic heterocycles. The number of likely N-dealkylation sites (N-methyl/N-ethyl adjacent to an activating group) is 1. The Morgan fingerprint density at radius 2 is 1.67 bits per heavy atom.